The molecule has 1 heterocycles. The molecule has 15 heavy (non-hydrogen) atoms. The molecule has 0 unspecified atom stereocenters. The minimum Gasteiger partial charge on any atom is -0.481 e. The summed E-state index contributed by atoms with van der Waals surface area (Å²) in [7, 11) is 1.46. The van der Waals surface area contributed by atoms with Crippen molar-refractivity contribution in [2.24, 2.45) is 0 Å². The number of benzene rings is 1. The maximum absolute atomic E-state index is 13.0. The van der Waals surface area contributed by atoms with Crippen molar-refractivity contribution in [1.82, 2.24) is 4.98 Å². The van der Waals surface area contributed by atoms with Gasteiger partial charge in [-0.25, -0.2) is 9.37 Å². The van der Waals surface area contributed by atoms with Crippen LogP contribution in [0.1, 0.15) is 5.56 Å². The molecule has 0 atom stereocenters. The van der Waals surface area contributed by atoms with Gasteiger partial charge in [-0.1, -0.05) is 0 Å². The van der Waals surface area contributed by atoms with Crippen molar-refractivity contribution < 1.29 is 9.13 Å². The smallest absolute Gasteiger partial charge is 0.221 e. The summed E-state index contributed by atoms with van der Waals surface area (Å²) in [5.41, 5.74) is 0.408. The molecular weight excluding hydrogens is 195 g/mol. The Balaban J connectivity index is 2.88. The number of methoxy groups -OCH3 is 1. The van der Waals surface area contributed by atoms with Crippen LogP contribution in [0.2, 0.25) is 0 Å². The molecule has 0 aliphatic heterocycles. The minimum atomic E-state index is -0.377. The number of pyridine rings is 1. The van der Waals surface area contributed by atoms with Crippen molar-refractivity contribution in [2.75, 3.05) is 7.11 Å². The average Bonchev–Trinajstić information content (AvgIpc) is 2.27. The zero-order chi connectivity index (χ0) is 10.8. The third-order valence-corrected chi connectivity index (χ3v) is 2.13. The first kappa shape index (κ1) is 9.41. The van der Waals surface area contributed by atoms with Gasteiger partial charge in [-0.2, -0.15) is 5.26 Å². The number of aromatic nitrogens is 1. The number of ether oxygens (including phenoxy) is 1. The normalized spacial score (nSPS) is 9.93. The summed E-state index contributed by atoms with van der Waals surface area (Å²) in [6.45, 7) is 0. The summed E-state index contributed by atoms with van der Waals surface area (Å²) in [5.74, 6) is -0.0545. The van der Waals surface area contributed by atoms with Gasteiger partial charge in [-0.3, -0.25) is 0 Å². The van der Waals surface area contributed by atoms with E-state index in [-0.39, 0.29) is 5.82 Å². The van der Waals surface area contributed by atoms with Gasteiger partial charge in [0.2, 0.25) is 5.88 Å². The molecule has 0 amide bonds. The molecule has 0 aliphatic rings. The summed E-state index contributed by atoms with van der Waals surface area (Å²) >= 11 is 0. The Kier molecular flexibility index (Phi) is 2.22. The summed E-state index contributed by atoms with van der Waals surface area (Å²) < 4.78 is 18.0. The topological polar surface area (TPSA) is 45.9 Å². The quantitative estimate of drug-likeness (QED) is 0.712. The van der Waals surface area contributed by atoms with Crippen molar-refractivity contribution in [3.8, 4) is 11.9 Å². The summed E-state index contributed by atoms with van der Waals surface area (Å²) in [4.78, 5) is 3.93. The second-order valence-corrected chi connectivity index (χ2v) is 2.98. The van der Waals surface area contributed by atoms with Gasteiger partial charge in [0, 0.05) is 17.0 Å². The molecule has 0 bridgehead atoms. The molecule has 3 nitrogen and oxygen atoms in total. The number of halogens is 1. The zero-order valence-corrected chi connectivity index (χ0v) is 7.99. The van der Waals surface area contributed by atoms with Crippen LogP contribution in [-0.4, -0.2) is 12.1 Å². The fourth-order valence-electron chi connectivity index (χ4n) is 1.44. The first-order valence-corrected chi connectivity index (χ1v) is 4.28. The van der Waals surface area contributed by atoms with Crippen molar-refractivity contribution in [3.63, 3.8) is 0 Å². The van der Waals surface area contributed by atoms with E-state index >= 15 is 0 Å². The lowest BCUT2D eigenvalue weighted by molar-refractivity contribution is 0.403. The van der Waals surface area contributed by atoms with E-state index in [2.05, 4.69) is 4.98 Å². The van der Waals surface area contributed by atoms with Gasteiger partial charge in [0.05, 0.1) is 12.7 Å². The monoisotopic (exact) mass is 202 g/mol. The fraction of sp³-hybridized carbons (Fsp3) is 0.0909. The highest BCUT2D eigenvalue weighted by molar-refractivity contribution is 5.91. The third kappa shape index (κ3) is 1.48. The highest BCUT2D eigenvalue weighted by atomic mass is 19.1. The van der Waals surface area contributed by atoms with E-state index in [1.54, 1.807) is 6.07 Å². The van der Waals surface area contributed by atoms with E-state index in [0.29, 0.717) is 22.2 Å². The number of rotatable bonds is 1. The zero-order valence-electron chi connectivity index (χ0n) is 7.99. The van der Waals surface area contributed by atoms with Crippen molar-refractivity contribution in [2.45, 2.75) is 0 Å². The van der Waals surface area contributed by atoms with Crippen LogP contribution in [0.3, 0.4) is 0 Å². The molecule has 0 radical (unpaired) electrons. The van der Waals surface area contributed by atoms with Crippen LogP contribution in [0.4, 0.5) is 4.39 Å². The first-order valence-electron chi connectivity index (χ1n) is 4.28. The summed E-state index contributed by atoms with van der Waals surface area (Å²) in [6, 6.07) is 6.16. The lowest BCUT2D eigenvalue weighted by Crippen LogP contribution is -1.92. The van der Waals surface area contributed by atoms with Crippen molar-refractivity contribution >= 4 is 10.8 Å². The Morgan fingerprint density at radius 1 is 1.40 bits per heavy atom. The van der Waals surface area contributed by atoms with E-state index < -0.39 is 0 Å². The molecule has 0 fully saturated rings. The number of fused-ring (bicyclic) bond motifs is 1. The predicted octanol–water partition coefficient (Wildman–Crippen LogP) is 2.25. The molecule has 1 aromatic heterocycles. The highest BCUT2D eigenvalue weighted by Gasteiger charge is 2.08. The largest absolute Gasteiger partial charge is 0.481 e. The Morgan fingerprint density at radius 2 is 2.20 bits per heavy atom. The van der Waals surface area contributed by atoms with Crippen LogP contribution in [0, 0.1) is 17.1 Å². The van der Waals surface area contributed by atoms with Gasteiger partial charge in [0.15, 0.2) is 0 Å². The average molecular weight is 202 g/mol. The highest BCUT2D eigenvalue weighted by Crippen LogP contribution is 2.26. The molecule has 0 saturated carbocycles. The number of hydrogen-bond donors (Lipinski definition) is 0. The van der Waals surface area contributed by atoms with Crippen LogP contribution < -0.4 is 4.74 Å². The Bertz CT molecular complexity index is 560. The van der Waals surface area contributed by atoms with Crippen molar-refractivity contribution in [3.05, 3.63) is 35.8 Å². The van der Waals surface area contributed by atoms with Gasteiger partial charge in [0.25, 0.3) is 0 Å². The lowest BCUT2D eigenvalue weighted by Gasteiger charge is -2.05. The Labute approximate surface area is 85.7 Å². The fourth-order valence-corrected chi connectivity index (χ4v) is 1.44. The Hall–Kier alpha value is -2.15. The van der Waals surface area contributed by atoms with Gasteiger partial charge in [0.1, 0.15) is 11.9 Å². The van der Waals surface area contributed by atoms with E-state index in [0.717, 1.165) is 0 Å². The molecule has 4 heteroatoms. The SMILES string of the molecule is COc1ncc(C#N)c2ccc(F)cc12. The van der Waals surface area contributed by atoms with Crippen LogP contribution in [0.5, 0.6) is 5.88 Å². The molecule has 0 spiro atoms. The van der Waals surface area contributed by atoms with Crippen LogP contribution in [0.15, 0.2) is 24.4 Å². The van der Waals surface area contributed by atoms with Gasteiger partial charge in [-0.15, -0.1) is 0 Å². The molecule has 0 N–H and O–H groups in total. The molecule has 0 aliphatic carbocycles. The minimum absolute atomic E-state index is 0.323. The number of nitriles is 1. The molecule has 74 valence electrons. The van der Waals surface area contributed by atoms with Gasteiger partial charge >= 0.3 is 0 Å². The van der Waals surface area contributed by atoms with Gasteiger partial charge in [-0.05, 0) is 18.2 Å². The maximum atomic E-state index is 13.0. The molecule has 1 aromatic carbocycles. The van der Waals surface area contributed by atoms with Gasteiger partial charge < -0.3 is 4.74 Å². The summed E-state index contributed by atoms with van der Waals surface area (Å²) in [6.07, 6.45) is 1.42. The van der Waals surface area contributed by atoms with E-state index in [1.165, 1.54) is 25.4 Å². The standard InChI is InChI=1S/C11H7FN2O/c1-15-11-10-4-8(12)2-3-9(10)7(5-13)6-14-11/h2-4,6H,1H3. The second kappa shape index (κ2) is 3.54. The third-order valence-electron chi connectivity index (χ3n) is 2.13. The second-order valence-electron chi connectivity index (χ2n) is 2.98. The van der Waals surface area contributed by atoms with Crippen molar-refractivity contribution in [1.29, 1.82) is 5.26 Å². The van der Waals surface area contributed by atoms with Crippen LogP contribution >= 0.6 is 0 Å². The Morgan fingerprint density at radius 3 is 2.87 bits per heavy atom. The molecule has 0 saturated heterocycles. The molecule has 2 rings (SSSR count). The summed E-state index contributed by atoms with van der Waals surface area (Å²) in [5, 5.41) is 10.00. The van der Waals surface area contributed by atoms with Crippen LogP contribution in [0.25, 0.3) is 10.8 Å². The first-order chi connectivity index (χ1) is 7.26. The maximum Gasteiger partial charge on any atom is 0.221 e. The number of nitrogens with zero attached hydrogens (tertiary/aromatic N) is 2. The molecular formula is C11H7FN2O. The molecule has 2 aromatic rings. The number of hydrogen-bond acceptors (Lipinski definition) is 3. The van der Waals surface area contributed by atoms with E-state index in [9.17, 15) is 4.39 Å². The lowest BCUT2D eigenvalue weighted by atomic mass is 10.1. The predicted molar refractivity (Wildman–Crippen MR) is 53.0 cm³/mol. The van der Waals surface area contributed by atoms with E-state index in [1.807, 2.05) is 6.07 Å². The van der Waals surface area contributed by atoms with Crippen LogP contribution in [-0.2, 0) is 0 Å². The van der Waals surface area contributed by atoms with E-state index in [4.69, 9.17) is 10.00 Å².